The third-order valence-corrected chi connectivity index (χ3v) is 5.91. The molecule has 0 saturated carbocycles. The molecule has 1 heterocycles. The molecule has 1 aromatic carbocycles. The topological polar surface area (TPSA) is 230 Å². The molecule has 5 atom stereocenters. The average molecular weight is 533 g/mol. The Labute approximate surface area is 219 Å². The molecule has 0 aliphatic carbocycles. The first-order valence-electron chi connectivity index (χ1n) is 12.2. The van der Waals surface area contributed by atoms with E-state index in [1.807, 2.05) is 24.3 Å². The van der Waals surface area contributed by atoms with Crippen molar-refractivity contribution in [3.63, 3.8) is 0 Å². The van der Waals surface area contributed by atoms with Crippen molar-refractivity contribution in [2.24, 2.45) is 17.4 Å². The second kappa shape index (κ2) is 13.5. The zero-order valence-corrected chi connectivity index (χ0v) is 21.6. The van der Waals surface area contributed by atoms with Crippen LogP contribution in [0.4, 0.5) is 0 Å². The molecule has 13 nitrogen and oxygen atoms in total. The molecule has 0 aliphatic heterocycles. The average Bonchev–Trinajstić information content (AvgIpc) is 3.24. The predicted octanol–water partition coefficient (Wildman–Crippen LogP) is -1.12. The van der Waals surface area contributed by atoms with Gasteiger partial charge >= 0.3 is 5.97 Å². The van der Waals surface area contributed by atoms with Crippen LogP contribution < -0.4 is 27.4 Å². The van der Waals surface area contributed by atoms with E-state index in [0.29, 0.717) is 5.56 Å². The van der Waals surface area contributed by atoms with Gasteiger partial charge in [0.2, 0.25) is 23.6 Å². The Morgan fingerprint density at radius 3 is 2.08 bits per heavy atom. The Kier molecular flexibility index (Phi) is 10.8. The van der Waals surface area contributed by atoms with E-state index in [9.17, 15) is 34.2 Å². The van der Waals surface area contributed by atoms with Crippen LogP contribution >= 0.6 is 0 Å². The lowest BCUT2D eigenvalue weighted by Crippen LogP contribution is -2.59. The van der Waals surface area contributed by atoms with Crippen molar-refractivity contribution >= 4 is 40.5 Å². The van der Waals surface area contributed by atoms with Gasteiger partial charge in [0.05, 0.1) is 12.5 Å². The summed E-state index contributed by atoms with van der Waals surface area (Å²) in [5.41, 5.74) is 12.4. The number of amides is 4. The van der Waals surface area contributed by atoms with Gasteiger partial charge in [0, 0.05) is 23.5 Å². The number of aliphatic hydroxyl groups excluding tert-OH is 1. The summed E-state index contributed by atoms with van der Waals surface area (Å²) in [7, 11) is 0. The van der Waals surface area contributed by atoms with E-state index in [2.05, 4.69) is 20.9 Å². The fourth-order valence-corrected chi connectivity index (χ4v) is 3.87. The van der Waals surface area contributed by atoms with E-state index in [4.69, 9.17) is 11.5 Å². The number of carbonyl (C=O) groups is 5. The van der Waals surface area contributed by atoms with E-state index < -0.39 is 66.3 Å². The number of hydrogen-bond donors (Lipinski definition) is 8. The van der Waals surface area contributed by atoms with Gasteiger partial charge in [0.1, 0.15) is 24.2 Å². The van der Waals surface area contributed by atoms with E-state index in [0.717, 1.165) is 10.9 Å². The number of H-pyrrole nitrogens is 1. The van der Waals surface area contributed by atoms with Crippen molar-refractivity contribution in [3.05, 3.63) is 36.0 Å². The molecule has 0 fully saturated rings. The van der Waals surface area contributed by atoms with Gasteiger partial charge < -0.3 is 42.6 Å². The number of carboxylic acid groups (broad SMARTS) is 1. The third kappa shape index (κ3) is 8.56. The monoisotopic (exact) mass is 532 g/mol. The summed E-state index contributed by atoms with van der Waals surface area (Å²) in [4.78, 5) is 64.8. The van der Waals surface area contributed by atoms with Crippen LogP contribution in [0.3, 0.4) is 0 Å². The Balaban J connectivity index is 2.31. The number of nitrogens with one attached hydrogen (secondary N) is 4. The molecule has 5 unspecified atom stereocenters. The number of para-hydroxylation sites is 1. The van der Waals surface area contributed by atoms with Crippen LogP contribution in [0.25, 0.3) is 10.9 Å². The summed E-state index contributed by atoms with van der Waals surface area (Å²) < 4.78 is 0. The number of aromatic amines is 1. The molecular weight excluding hydrogens is 496 g/mol. The molecule has 0 spiro atoms. The molecule has 1 aromatic heterocycles. The molecule has 4 amide bonds. The number of aliphatic hydroxyl groups is 1. The van der Waals surface area contributed by atoms with Gasteiger partial charge in [-0.2, -0.15) is 0 Å². The van der Waals surface area contributed by atoms with Crippen molar-refractivity contribution < 1.29 is 34.2 Å². The summed E-state index contributed by atoms with van der Waals surface area (Å²) in [6.07, 6.45) is 0.0698. The Morgan fingerprint density at radius 2 is 1.50 bits per heavy atom. The van der Waals surface area contributed by atoms with Gasteiger partial charge in [0.15, 0.2) is 0 Å². The number of aromatic nitrogens is 1. The highest BCUT2D eigenvalue weighted by Crippen LogP contribution is 2.19. The lowest BCUT2D eigenvalue weighted by molar-refractivity contribution is -0.144. The van der Waals surface area contributed by atoms with Crippen molar-refractivity contribution in [2.45, 2.75) is 70.3 Å². The van der Waals surface area contributed by atoms with Crippen LogP contribution in [0, 0.1) is 5.92 Å². The summed E-state index contributed by atoms with van der Waals surface area (Å²) in [5, 5.41) is 27.3. The number of rotatable bonds is 14. The highest BCUT2D eigenvalue weighted by atomic mass is 16.4. The minimum atomic E-state index is -1.57. The van der Waals surface area contributed by atoms with E-state index in [-0.39, 0.29) is 18.8 Å². The highest BCUT2D eigenvalue weighted by molar-refractivity contribution is 5.95. The van der Waals surface area contributed by atoms with E-state index in [1.165, 1.54) is 6.92 Å². The normalized spacial score (nSPS) is 15.2. The van der Waals surface area contributed by atoms with Gasteiger partial charge in [-0.05, 0) is 30.9 Å². The van der Waals surface area contributed by atoms with Gasteiger partial charge in [-0.25, -0.2) is 4.79 Å². The van der Waals surface area contributed by atoms with Gasteiger partial charge in [-0.1, -0.05) is 32.0 Å². The molecule has 0 bridgehead atoms. The lowest BCUT2D eigenvalue weighted by atomic mass is 10.00. The molecule has 0 aliphatic rings. The maximum atomic E-state index is 13.4. The number of primary amides is 1. The summed E-state index contributed by atoms with van der Waals surface area (Å²) in [5.74, 6) is -4.77. The molecule has 10 N–H and O–H groups in total. The standard InChI is InChI=1S/C25H36N6O7/c1-12(2)8-17(22(34)31-19(25(37)38)10-20(26)33)29-23(35)18(30-24(36)21(27)13(3)32)9-14-11-28-16-7-5-4-6-15(14)16/h4-7,11-13,17-19,21,28,32H,8-10,27H2,1-3H3,(H2,26,33)(H,29,35)(H,30,36)(H,31,34)(H,37,38). The predicted molar refractivity (Wildman–Crippen MR) is 138 cm³/mol. The van der Waals surface area contributed by atoms with Crippen molar-refractivity contribution in [2.75, 3.05) is 0 Å². The Bertz CT molecular complexity index is 1160. The zero-order chi connectivity index (χ0) is 28.6. The van der Waals surface area contributed by atoms with Crippen LogP contribution in [0.15, 0.2) is 30.5 Å². The number of fused-ring (bicyclic) bond motifs is 1. The van der Waals surface area contributed by atoms with Crippen molar-refractivity contribution in [1.82, 2.24) is 20.9 Å². The lowest BCUT2D eigenvalue weighted by Gasteiger charge is -2.26. The molecular formula is C25H36N6O7. The Morgan fingerprint density at radius 1 is 0.921 bits per heavy atom. The largest absolute Gasteiger partial charge is 0.480 e. The minimum absolute atomic E-state index is 0.0313. The number of nitrogens with two attached hydrogens (primary N) is 2. The first-order valence-corrected chi connectivity index (χ1v) is 12.2. The van der Waals surface area contributed by atoms with Crippen LogP contribution in [0.2, 0.25) is 0 Å². The summed E-state index contributed by atoms with van der Waals surface area (Å²) in [6.45, 7) is 4.95. The smallest absolute Gasteiger partial charge is 0.326 e. The van der Waals surface area contributed by atoms with Crippen molar-refractivity contribution in [1.29, 1.82) is 0 Å². The number of carbonyl (C=O) groups excluding carboxylic acids is 4. The SMILES string of the molecule is CC(C)CC(NC(=O)C(Cc1c[nH]c2ccccc12)NC(=O)C(N)C(C)O)C(=O)NC(CC(N)=O)C(=O)O. The highest BCUT2D eigenvalue weighted by Gasteiger charge is 2.32. The van der Waals surface area contributed by atoms with Gasteiger partial charge in [0.25, 0.3) is 0 Å². The minimum Gasteiger partial charge on any atom is -0.480 e. The van der Waals surface area contributed by atoms with E-state index in [1.54, 1.807) is 20.0 Å². The summed E-state index contributed by atoms with van der Waals surface area (Å²) in [6, 6.07) is 2.13. The van der Waals surface area contributed by atoms with E-state index >= 15 is 0 Å². The molecule has 2 aromatic rings. The summed E-state index contributed by atoms with van der Waals surface area (Å²) >= 11 is 0. The second-order valence-electron chi connectivity index (χ2n) is 9.65. The number of aliphatic carboxylic acids is 1. The molecule has 0 saturated heterocycles. The molecule has 0 radical (unpaired) electrons. The first-order chi connectivity index (χ1) is 17.8. The third-order valence-electron chi connectivity index (χ3n) is 5.91. The van der Waals surface area contributed by atoms with Crippen molar-refractivity contribution in [3.8, 4) is 0 Å². The van der Waals surface area contributed by atoms with Gasteiger partial charge in [-0.15, -0.1) is 0 Å². The number of hydrogen-bond acceptors (Lipinski definition) is 7. The van der Waals surface area contributed by atoms with Gasteiger partial charge in [-0.3, -0.25) is 19.2 Å². The van der Waals surface area contributed by atoms with Crippen LogP contribution in [-0.4, -0.2) is 75.1 Å². The molecule has 2 rings (SSSR count). The van der Waals surface area contributed by atoms with Crippen LogP contribution in [0.5, 0.6) is 0 Å². The first kappa shape index (κ1) is 30.3. The maximum Gasteiger partial charge on any atom is 0.326 e. The second-order valence-corrected chi connectivity index (χ2v) is 9.65. The maximum absolute atomic E-state index is 13.4. The number of benzene rings is 1. The molecule has 13 heteroatoms. The van der Waals surface area contributed by atoms with Crippen LogP contribution in [0.1, 0.15) is 39.2 Å². The quantitative estimate of drug-likeness (QED) is 0.148. The number of carboxylic acids is 1. The molecule has 38 heavy (non-hydrogen) atoms. The fraction of sp³-hybridized carbons (Fsp3) is 0.480. The Hall–Kier alpha value is -3.97. The molecule has 208 valence electrons. The zero-order valence-electron chi connectivity index (χ0n) is 21.6. The van der Waals surface area contributed by atoms with Crippen LogP contribution in [-0.2, 0) is 30.4 Å². The fourth-order valence-electron chi connectivity index (χ4n) is 3.87.